The van der Waals surface area contributed by atoms with Gasteiger partial charge in [0.2, 0.25) is 0 Å². The van der Waals surface area contributed by atoms with Gasteiger partial charge in [-0.2, -0.15) is 0 Å². The lowest BCUT2D eigenvalue weighted by molar-refractivity contribution is -0.147. The highest BCUT2D eigenvalue weighted by Crippen LogP contribution is 2.25. The minimum atomic E-state index is -1.04. The van der Waals surface area contributed by atoms with Crippen LogP contribution in [0, 0.1) is 0 Å². The zero-order chi connectivity index (χ0) is 14.5. The molecule has 1 aliphatic heterocycles. The molecule has 1 fully saturated rings. The van der Waals surface area contributed by atoms with Crippen molar-refractivity contribution in [2.75, 3.05) is 13.2 Å². The first-order valence-corrected chi connectivity index (χ1v) is 5.92. The van der Waals surface area contributed by atoms with Crippen LogP contribution in [0.15, 0.2) is 12.7 Å². The van der Waals surface area contributed by atoms with Gasteiger partial charge in [0, 0.05) is 0 Å². The van der Waals surface area contributed by atoms with Gasteiger partial charge >= 0.3 is 12.1 Å². The van der Waals surface area contributed by atoms with Crippen LogP contribution in [0.2, 0.25) is 0 Å². The van der Waals surface area contributed by atoms with E-state index in [0.29, 0.717) is 0 Å². The highest BCUT2D eigenvalue weighted by molar-refractivity contribution is 5.71. The summed E-state index contributed by atoms with van der Waals surface area (Å²) >= 11 is 0. The topological polar surface area (TPSA) is 94.1 Å². The van der Waals surface area contributed by atoms with E-state index in [0.717, 1.165) is 0 Å². The van der Waals surface area contributed by atoms with Crippen LogP contribution in [0.1, 0.15) is 20.3 Å². The van der Waals surface area contributed by atoms with Gasteiger partial charge in [0.25, 0.3) is 0 Å². The Bertz CT molecular complexity index is 354. The van der Waals surface area contributed by atoms with Crippen LogP contribution in [0.4, 0.5) is 4.79 Å². The fourth-order valence-electron chi connectivity index (χ4n) is 1.70. The molecule has 7 nitrogen and oxygen atoms in total. The van der Waals surface area contributed by atoms with Gasteiger partial charge < -0.3 is 24.6 Å². The third-order valence-electron chi connectivity index (χ3n) is 2.51. The van der Waals surface area contributed by atoms with Crippen LogP contribution in [0.5, 0.6) is 0 Å². The Balaban J connectivity index is 2.59. The molecule has 0 aromatic rings. The van der Waals surface area contributed by atoms with Gasteiger partial charge in [0.05, 0.1) is 19.1 Å². The number of ether oxygens (including phenoxy) is 3. The van der Waals surface area contributed by atoms with E-state index < -0.39 is 30.0 Å². The molecule has 1 rings (SSSR count). The van der Waals surface area contributed by atoms with Crippen LogP contribution < -0.4 is 5.32 Å². The lowest BCUT2D eigenvalue weighted by Crippen LogP contribution is -2.46. The second-order valence-electron chi connectivity index (χ2n) is 4.60. The molecular weight excluding hydrogens is 254 g/mol. The van der Waals surface area contributed by atoms with E-state index >= 15 is 0 Å². The number of hydrogen-bond donors (Lipinski definition) is 2. The van der Waals surface area contributed by atoms with Gasteiger partial charge in [-0.25, -0.2) is 4.79 Å². The molecule has 2 N–H and O–H groups in total. The minimum absolute atomic E-state index is 0.0547. The monoisotopic (exact) mass is 273 g/mol. The Morgan fingerprint density at radius 2 is 2.32 bits per heavy atom. The molecular formula is C12H19NO6. The summed E-state index contributed by atoms with van der Waals surface area (Å²) in [4.78, 5) is 22.3. The van der Waals surface area contributed by atoms with Crippen molar-refractivity contribution in [3.63, 3.8) is 0 Å². The molecule has 0 spiro atoms. The van der Waals surface area contributed by atoms with Gasteiger partial charge in [-0.05, 0) is 13.8 Å². The fraction of sp³-hybridized carbons (Fsp3) is 0.667. The highest BCUT2D eigenvalue weighted by atomic mass is 16.7. The number of nitrogens with one attached hydrogen (secondary N) is 1. The molecule has 2 atom stereocenters. The number of carbonyl (C=O) groups is 2. The highest BCUT2D eigenvalue weighted by Gasteiger charge is 2.39. The zero-order valence-electron chi connectivity index (χ0n) is 11.0. The summed E-state index contributed by atoms with van der Waals surface area (Å²) in [5.41, 5.74) is 0. The Morgan fingerprint density at radius 1 is 1.63 bits per heavy atom. The van der Waals surface area contributed by atoms with E-state index in [2.05, 4.69) is 11.9 Å². The molecule has 0 aromatic carbocycles. The average Bonchev–Trinajstić information content (AvgIpc) is 2.65. The van der Waals surface area contributed by atoms with Gasteiger partial charge in [0.15, 0.2) is 5.79 Å². The molecule has 1 heterocycles. The summed E-state index contributed by atoms with van der Waals surface area (Å²) in [7, 11) is 0. The van der Waals surface area contributed by atoms with Gasteiger partial charge in [-0.1, -0.05) is 12.7 Å². The first-order valence-electron chi connectivity index (χ1n) is 5.92. The van der Waals surface area contributed by atoms with Crippen LogP contribution in [-0.4, -0.2) is 48.3 Å². The Labute approximate surface area is 111 Å². The Morgan fingerprint density at radius 3 is 2.79 bits per heavy atom. The van der Waals surface area contributed by atoms with E-state index in [1.165, 1.54) is 6.08 Å². The molecule has 7 heteroatoms. The van der Waals surface area contributed by atoms with Crippen LogP contribution >= 0.6 is 0 Å². The molecule has 2 unspecified atom stereocenters. The number of amides is 1. The maximum absolute atomic E-state index is 11.4. The summed E-state index contributed by atoms with van der Waals surface area (Å²) in [6.07, 6.45) is -0.0842. The standard InChI is InChI=1S/C12H19NO6/c1-4-5-17-11(16)13-8(6-10(14)15)9-7-18-12(2,3)19-9/h4,8-9H,1,5-7H2,2-3H3,(H,13,16)(H,14,15). The first-order chi connectivity index (χ1) is 8.84. The minimum Gasteiger partial charge on any atom is -0.481 e. The van der Waals surface area contributed by atoms with Crippen molar-refractivity contribution in [2.24, 2.45) is 0 Å². The van der Waals surface area contributed by atoms with Gasteiger partial charge in [0.1, 0.15) is 12.7 Å². The molecule has 1 aliphatic rings. The molecule has 0 bridgehead atoms. The quantitative estimate of drug-likeness (QED) is 0.698. The molecule has 1 amide bonds. The van der Waals surface area contributed by atoms with Gasteiger partial charge in [-0.3, -0.25) is 4.79 Å². The van der Waals surface area contributed by atoms with E-state index in [1.54, 1.807) is 13.8 Å². The molecule has 0 saturated carbocycles. The molecule has 0 aliphatic carbocycles. The smallest absolute Gasteiger partial charge is 0.407 e. The number of carboxylic acids is 1. The van der Waals surface area contributed by atoms with Crippen molar-refractivity contribution >= 4 is 12.1 Å². The van der Waals surface area contributed by atoms with E-state index in [4.69, 9.17) is 19.3 Å². The van der Waals surface area contributed by atoms with Crippen molar-refractivity contribution < 1.29 is 28.9 Å². The van der Waals surface area contributed by atoms with E-state index in [-0.39, 0.29) is 19.6 Å². The summed E-state index contributed by atoms with van der Waals surface area (Å²) in [6.45, 7) is 7.13. The maximum atomic E-state index is 11.4. The number of carbonyl (C=O) groups excluding carboxylic acids is 1. The molecule has 0 radical (unpaired) electrons. The normalized spacial score (nSPS) is 22.5. The summed E-state index contributed by atoms with van der Waals surface area (Å²) in [5, 5.41) is 11.3. The third kappa shape index (κ3) is 5.27. The van der Waals surface area contributed by atoms with Crippen LogP contribution in [0.25, 0.3) is 0 Å². The SMILES string of the molecule is C=CCOC(=O)NC(CC(=O)O)C1COC(C)(C)O1. The van der Waals surface area contributed by atoms with Crippen LogP contribution in [0.3, 0.4) is 0 Å². The molecule has 108 valence electrons. The number of hydrogen-bond acceptors (Lipinski definition) is 5. The summed E-state index contributed by atoms with van der Waals surface area (Å²) < 4.78 is 15.7. The van der Waals surface area contributed by atoms with Crippen molar-refractivity contribution in [2.45, 2.75) is 38.2 Å². The van der Waals surface area contributed by atoms with E-state index in [1.807, 2.05) is 0 Å². The molecule has 19 heavy (non-hydrogen) atoms. The number of alkyl carbamates (subject to hydrolysis) is 1. The maximum Gasteiger partial charge on any atom is 0.407 e. The predicted octanol–water partition coefficient (Wildman–Crippen LogP) is 0.893. The molecule has 1 saturated heterocycles. The van der Waals surface area contributed by atoms with Crippen LogP contribution in [-0.2, 0) is 19.0 Å². The number of rotatable bonds is 6. The lowest BCUT2D eigenvalue weighted by atomic mass is 10.1. The second kappa shape index (κ2) is 6.53. The largest absolute Gasteiger partial charge is 0.481 e. The predicted molar refractivity (Wildman–Crippen MR) is 65.6 cm³/mol. The van der Waals surface area contributed by atoms with Crippen molar-refractivity contribution in [3.8, 4) is 0 Å². The van der Waals surface area contributed by atoms with Crippen molar-refractivity contribution in [1.82, 2.24) is 5.32 Å². The fourth-order valence-corrected chi connectivity index (χ4v) is 1.70. The lowest BCUT2D eigenvalue weighted by Gasteiger charge is -2.23. The number of carboxylic acid groups (broad SMARTS) is 1. The Kier molecular flexibility index (Phi) is 5.31. The van der Waals surface area contributed by atoms with Crippen molar-refractivity contribution in [1.29, 1.82) is 0 Å². The zero-order valence-corrected chi connectivity index (χ0v) is 11.0. The van der Waals surface area contributed by atoms with E-state index in [9.17, 15) is 9.59 Å². The average molecular weight is 273 g/mol. The molecule has 0 aromatic heterocycles. The summed E-state index contributed by atoms with van der Waals surface area (Å²) in [5.74, 6) is -1.82. The number of aliphatic carboxylic acids is 1. The third-order valence-corrected chi connectivity index (χ3v) is 2.51. The Hall–Kier alpha value is -1.60. The summed E-state index contributed by atoms with van der Waals surface area (Å²) in [6, 6.07) is -0.711. The van der Waals surface area contributed by atoms with Crippen molar-refractivity contribution in [3.05, 3.63) is 12.7 Å². The second-order valence-corrected chi connectivity index (χ2v) is 4.60. The first kappa shape index (κ1) is 15.5. The van der Waals surface area contributed by atoms with Gasteiger partial charge in [-0.15, -0.1) is 0 Å².